The number of nitrogens with one attached hydrogen (secondary N) is 3. The minimum Gasteiger partial charge on any atom is -0.493 e. The minimum absolute atomic E-state index is 0.0819. The zero-order valence-electron chi connectivity index (χ0n) is 23.0. The molecule has 0 unspecified atom stereocenters. The highest BCUT2D eigenvalue weighted by atomic mass is 16.5. The van der Waals surface area contributed by atoms with Gasteiger partial charge in [0.15, 0.2) is 28.8 Å². The third-order valence-corrected chi connectivity index (χ3v) is 5.14. The summed E-state index contributed by atoms with van der Waals surface area (Å²) in [4.78, 5) is 44.8. The van der Waals surface area contributed by atoms with Crippen LogP contribution in [0.1, 0.15) is 47.4 Å². The van der Waals surface area contributed by atoms with Gasteiger partial charge in [-0.05, 0) is 44.5 Å². The van der Waals surface area contributed by atoms with Gasteiger partial charge in [0.05, 0.1) is 47.2 Å². The molecule has 2 aromatic rings. The van der Waals surface area contributed by atoms with Crippen molar-refractivity contribution in [3.63, 3.8) is 0 Å². The van der Waals surface area contributed by atoms with Crippen molar-refractivity contribution in [2.75, 3.05) is 59.7 Å². The number of carbonyl (C=O) groups excluding carboxylic acids is 3. The summed E-state index contributed by atoms with van der Waals surface area (Å²) in [5, 5.41) is 5.26. The number of ether oxygens (including phenoxy) is 6. The molecule has 0 aliphatic rings. The fourth-order valence-corrected chi connectivity index (χ4v) is 3.36. The molecule has 3 N–H and O–H groups in total. The Morgan fingerprint density at radius 1 is 0.949 bits per heavy atom. The summed E-state index contributed by atoms with van der Waals surface area (Å²) < 4.78 is 31.8. The van der Waals surface area contributed by atoms with Crippen LogP contribution in [0.4, 0.5) is 5.82 Å². The minimum atomic E-state index is -0.784. The molecule has 0 radical (unpaired) electrons. The lowest BCUT2D eigenvalue weighted by Gasteiger charge is -2.17. The van der Waals surface area contributed by atoms with Crippen molar-refractivity contribution >= 4 is 29.7 Å². The molecule has 0 saturated carbocycles. The molecule has 0 saturated heterocycles. The Balaban J connectivity index is 2.26. The van der Waals surface area contributed by atoms with Crippen LogP contribution in [0, 0.1) is 0 Å². The van der Waals surface area contributed by atoms with E-state index in [0.717, 1.165) is 0 Å². The van der Waals surface area contributed by atoms with Gasteiger partial charge in [-0.25, -0.2) is 9.78 Å². The van der Waals surface area contributed by atoms with Gasteiger partial charge in [-0.2, -0.15) is 0 Å². The van der Waals surface area contributed by atoms with Crippen LogP contribution >= 0.6 is 0 Å². The predicted molar refractivity (Wildman–Crippen MR) is 143 cm³/mol. The lowest BCUT2D eigenvalue weighted by Crippen LogP contribution is -2.42. The number of esters is 1. The molecule has 1 heterocycles. The average Bonchev–Trinajstić information content (AvgIpc) is 3.36. The van der Waals surface area contributed by atoms with Gasteiger partial charge in [-0.1, -0.05) is 0 Å². The molecule has 0 fully saturated rings. The molecule has 13 nitrogen and oxygen atoms in total. The number of hydrogen-bond acceptors (Lipinski definition) is 10. The molecule has 0 aliphatic heterocycles. The molecule has 0 atom stereocenters. The Morgan fingerprint density at radius 2 is 1.56 bits per heavy atom. The van der Waals surface area contributed by atoms with E-state index in [0.29, 0.717) is 36.0 Å². The average molecular weight is 549 g/mol. The van der Waals surface area contributed by atoms with Gasteiger partial charge >= 0.3 is 5.97 Å². The van der Waals surface area contributed by atoms with E-state index < -0.39 is 23.8 Å². The zero-order chi connectivity index (χ0) is 28.8. The van der Waals surface area contributed by atoms with Gasteiger partial charge in [0.1, 0.15) is 0 Å². The van der Waals surface area contributed by atoms with Crippen LogP contribution in [0.15, 0.2) is 18.2 Å². The SMILES string of the molecule is CCOCC(COCC)NC(=O)c1nc(NC(=O)/C=C/c2cc(OC)c(OC)c(OC)c2)c(C(=O)OCC)[nH]1. The lowest BCUT2D eigenvalue weighted by atomic mass is 10.1. The molecule has 0 aliphatic carbocycles. The van der Waals surface area contributed by atoms with Gasteiger partial charge in [-0.3, -0.25) is 9.59 Å². The van der Waals surface area contributed by atoms with E-state index in [9.17, 15) is 14.4 Å². The quantitative estimate of drug-likeness (QED) is 0.210. The van der Waals surface area contributed by atoms with Crippen molar-refractivity contribution in [2.45, 2.75) is 26.8 Å². The number of aromatic nitrogens is 2. The fourth-order valence-electron chi connectivity index (χ4n) is 3.36. The fraction of sp³-hybridized carbons (Fsp3) is 0.462. The second kappa shape index (κ2) is 16.0. The first kappa shape index (κ1) is 31.1. The molecular weight excluding hydrogens is 512 g/mol. The van der Waals surface area contributed by atoms with Crippen LogP contribution in [0.2, 0.25) is 0 Å². The van der Waals surface area contributed by atoms with Crippen molar-refractivity contribution in [3.8, 4) is 17.2 Å². The molecule has 1 aromatic heterocycles. The highest BCUT2D eigenvalue weighted by Crippen LogP contribution is 2.38. The Bertz CT molecular complexity index is 1110. The maximum Gasteiger partial charge on any atom is 0.358 e. The van der Waals surface area contributed by atoms with E-state index in [4.69, 9.17) is 28.4 Å². The molecule has 39 heavy (non-hydrogen) atoms. The highest BCUT2D eigenvalue weighted by Gasteiger charge is 2.24. The first-order valence-corrected chi connectivity index (χ1v) is 12.3. The molecule has 214 valence electrons. The number of carbonyl (C=O) groups is 3. The second-order valence-electron chi connectivity index (χ2n) is 7.80. The van der Waals surface area contributed by atoms with Crippen molar-refractivity contribution in [2.24, 2.45) is 0 Å². The van der Waals surface area contributed by atoms with Crippen LogP contribution in [0.3, 0.4) is 0 Å². The molecule has 2 amide bonds. The maximum absolute atomic E-state index is 12.9. The Hall–Kier alpha value is -4.10. The lowest BCUT2D eigenvalue weighted by molar-refractivity contribution is -0.111. The van der Waals surface area contributed by atoms with E-state index in [1.165, 1.54) is 33.5 Å². The van der Waals surface area contributed by atoms with E-state index in [1.54, 1.807) is 19.1 Å². The van der Waals surface area contributed by atoms with Crippen LogP contribution < -0.4 is 24.8 Å². The van der Waals surface area contributed by atoms with Crippen LogP contribution in [-0.2, 0) is 19.0 Å². The van der Waals surface area contributed by atoms with E-state index in [-0.39, 0.29) is 37.2 Å². The van der Waals surface area contributed by atoms with Crippen LogP contribution in [0.25, 0.3) is 6.08 Å². The van der Waals surface area contributed by atoms with Crippen LogP contribution in [0.5, 0.6) is 17.2 Å². The van der Waals surface area contributed by atoms with Crippen molar-refractivity contribution in [1.29, 1.82) is 0 Å². The van der Waals surface area contributed by atoms with Crippen molar-refractivity contribution in [3.05, 3.63) is 35.3 Å². The largest absolute Gasteiger partial charge is 0.493 e. The summed E-state index contributed by atoms with van der Waals surface area (Å²) in [5.74, 6) is -1.13. The van der Waals surface area contributed by atoms with Crippen molar-refractivity contribution < 1.29 is 42.8 Å². The van der Waals surface area contributed by atoms with E-state index in [2.05, 4.69) is 20.6 Å². The number of hydrogen-bond donors (Lipinski definition) is 3. The third kappa shape index (κ3) is 9.00. The highest BCUT2D eigenvalue weighted by molar-refractivity contribution is 6.06. The van der Waals surface area contributed by atoms with E-state index in [1.807, 2.05) is 13.8 Å². The topological polar surface area (TPSA) is 159 Å². The number of imidazole rings is 1. The van der Waals surface area contributed by atoms with Crippen LogP contribution in [-0.4, -0.2) is 88.2 Å². The normalized spacial score (nSPS) is 10.9. The van der Waals surface area contributed by atoms with Gasteiger partial charge in [-0.15, -0.1) is 0 Å². The summed E-state index contributed by atoms with van der Waals surface area (Å²) in [6.45, 7) is 6.76. The molecule has 2 rings (SSSR count). The Morgan fingerprint density at radius 3 is 2.08 bits per heavy atom. The number of methoxy groups -OCH3 is 3. The summed E-state index contributed by atoms with van der Waals surface area (Å²) in [6.07, 6.45) is 2.74. The van der Waals surface area contributed by atoms with Gasteiger partial charge in [0.25, 0.3) is 5.91 Å². The molecule has 0 spiro atoms. The first-order chi connectivity index (χ1) is 18.8. The smallest absolute Gasteiger partial charge is 0.358 e. The second-order valence-corrected chi connectivity index (χ2v) is 7.80. The monoisotopic (exact) mass is 548 g/mol. The summed E-state index contributed by atoms with van der Waals surface area (Å²) in [6, 6.07) is 2.87. The Labute approximate surface area is 227 Å². The van der Waals surface area contributed by atoms with Gasteiger partial charge in [0, 0.05) is 19.3 Å². The number of amides is 2. The third-order valence-electron chi connectivity index (χ3n) is 5.14. The van der Waals surface area contributed by atoms with Gasteiger partial charge < -0.3 is 44.0 Å². The molecule has 13 heteroatoms. The zero-order valence-corrected chi connectivity index (χ0v) is 23.0. The summed E-state index contributed by atoms with van der Waals surface area (Å²) in [5.41, 5.74) is 0.407. The first-order valence-electron chi connectivity index (χ1n) is 12.3. The van der Waals surface area contributed by atoms with Crippen molar-refractivity contribution in [1.82, 2.24) is 15.3 Å². The maximum atomic E-state index is 12.9. The Kier molecular flexibility index (Phi) is 12.8. The van der Waals surface area contributed by atoms with Gasteiger partial charge in [0.2, 0.25) is 11.7 Å². The summed E-state index contributed by atoms with van der Waals surface area (Å²) in [7, 11) is 4.45. The summed E-state index contributed by atoms with van der Waals surface area (Å²) >= 11 is 0. The number of aromatic amines is 1. The molecular formula is C26H36N4O9. The number of nitrogens with zero attached hydrogens (tertiary/aromatic N) is 1. The van der Waals surface area contributed by atoms with E-state index >= 15 is 0 Å². The molecule has 1 aromatic carbocycles. The predicted octanol–water partition coefficient (Wildman–Crippen LogP) is 2.44. The number of anilines is 1. The number of rotatable bonds is 16. The standard InChI is InChI=1S/C26H36N4O9/c1-7-37-14-17(15-38-8-2)27-25(32)24-29-21(26(33)39-9-3)23(30-24)28-20(31)11-10-16-12-18(34-4)22(36-6)19(13-16)35-5/h10-13,17H,7-9,14-15H2,1-6H3,(H,27,32)(H,28,31)(H,29,30)/b11-10+. The number of H-pyrrole nitrogens is 1. The number of benzene rings is 1. The molecule has 0 bridgehead atoms.